The van der Waals surface area contributed by atoms with E-state index in [0.29, 0.717) is 18.1 Å². The van der Waals surface area contributed by atoms with Crippen LogP contribution in [0.5, 0.6) is 5.75 Å². The van der Waals surface area contributed by atoms with E-state index in [1.54, 1.807) is 0 Å². The Balaban J connectivity index is 1.55. The van der Waals surface area contributed by atoms with E-state index in [1.807, 2.05) is 12.1 Å². The maximum atomic E-state index is 10.8. The molecule has 1 saturated carbocycles. The number of hydrogen-bond acceptors (Lipinski definition) is 4. The SMILES string of the molecule is CC(C)(C)[C@H]1CC[C@H](Oc2ccc3cc(CNCCS(=O)(=O)O)ccc3c2)CC1. The van der Waals surface area contributed by atoms with Crippen LogP contribution in [0.4, 0.5) is 0 Å². The van der Waals surface area contributed by atoms with Crippen LogP contribution in [0.1, 0.15) is 52.0 Å². The van der Waals surface area contributed by atoms with Crippen LogP contribution in [0.15, 0.2) is 36.4 Å². The average molecular weight is 420 g/mol. The van der Waals surface area contributed by atoms with Crippen molar-refractivity contribution in [2.75, 3.05) is 12.3 Å². The molecule has 0 amide bonds. The van der Waals surface area contributed by atoms with Crippen LogP contribution in [0.3, 0.4) is 0 Å². The summed E-state index contributed by atoms with van der Waals surface area (Å²) in [7, 11) is -3.92. The fraction of sp³-hybridized carbons (Fsp3) is 0.565. The molecule has 0 bridgehead atoms. The van der Waals surface area contributed by atoms with Gasteiger partial charge in [-0.3, -0.25) is 4.55 Å². The standard InChI is InChI=1S/C23H33NO4S/c1-23(2,3)20-7-10-21(11-8-20)28-22-9-6-18-14-17(4-5-19(18)15-22)16-24-12-13-29(25,26)27/h4-6,9,14-15,20-21,24H,7-8,10-13,16H2,1-3H3,(H,25,26,27)/t20-,21-. The van der Waals surface area contributed by atoms with Crippen LogP contribution in [0.2, 0.25) is 0 Å². The smallest absolute Gasteiger partial charge is 0.266 e. The van der Waals surface area contributed by atoms with E-state index in [-0.39, 0.29) is 12.3 Å². The molecular formula is C23H33NO4S. The highest BCUT2D eigenvalue weighted by Gasteiger charge is 2.30. The van der Waals surface area contributed by atoms with E-state index in [9.17, 15) is 8.42 Å². The first kappa shape index (κ1) is 22.1. The third-order valence-electron chi connectivity index (χ3n) is 5.94. The zero-order valence-electron chi connectivity index (χ0n) is 17.6. The molecule has 0 saturated heterocycles. The predicted octanol–water partition coefficient (Wildman–Crippen LogP) is 4.80. The van der Waals surface area contributed by atoms with E-state index in [2.05, 4.69) is 50.4 Å². The minimum Gasteiger partial charge on any atom is -0.490 e. The molecule has 2 aromatic rings. The van der Waals surface area contributed by atoms with Crippen LogP contribution in [-0.4, -0.2) is 31.4 Å². The summed E-state index contributed by atoms with van der Waals surface area (Å²) in [5.41, 5.74) is 1.45. The molecule has 0 spiro atoms. The number of hydrogen-bond donors (Lipinski definition) is 2. The van der Waals surface area contributed by atoms with Gasteiger partial charge >= 0.3 is 0 Å². The third-order valence-corrected chi connectivity index (χ3v) is 6.66. The highest BCUT2D eigenvalue weighted by Crippen LogP contribution is 2.39. The first-order valence-electron chi connectivity index (χ1n) is 10.5. The minimum atomic E-state index is -3.92. The van der Waals surface area contributed by atoms with Gasteiger partial charge in [0, 0.05) is 13.1 Å². The van der Waals surface area contributed by atoms with Crippen molar-refractivity contribution in [3.8, 4) is 5.75 Å². The Bertz CT molecular complexity index is 926. The predicted molar refractivity (Wildman–Crippen MR) is 118 cm³/mol. The van der Waals surface area contributed by atoms with Gasteiger partial charge in [-0.25, -0.2) is 0 Å². The first-order chi connectivity index (χ1) is 13.6. The van der Waals surface area contributed by atoms with Crippen LogP contribution in [0.25, 0.3) is 10.8 Å². The Morgan fingerprint density at radius 3 is 2.34 bits per heavy atom. The molecule has 5 nitrogen and oxygen atoms in total. The van der Waals surface area contributed by atoms with E-state index in [1.165, 1.54) is 12.8 Å². The average Bonchev–Trinajstić information content (AvgIpc) is 2.64. The fourth-order valence-electron chi connectivity index (χ4n) is 4.13. The van der Waals surface area contributed by atoms with Gasteiger partial charge in [0.1, 0.15) is 5.75 Å². The summed E-state index contributed by atoms with van der Waals surface area (Å²) in [6.07, 6.45) is 5.01. The molecule has 160 valence electrons. The summed E-state index contributed by atoms with van der Waals surface area (Å²) in [6, 6.07) is 12.4. The highest BCUT2D eigenvalue weighted by atomic mass is 32.2. The number of rotatable bonds is 7. The molecule has 2 aromatic carbocycles. The first-order valence-corrected chi connectivity index (χ1v) is 12.1. The second-order valence-corrected chi connectivity index (χ2v) is 10.8. The second kappa shape index (κ2) is 9.02. The van der Waals surface area contributed by atoms with Crippen LogP contribution in [0, 0.1) is 11.3 Å². The summed E-state index contributed by atoms with van der Waals surface area (Å²) in [4.78, 5) is 0. The van der Waals surface area contributed by atoms with E-state index < -0.39 is 10.1 Å². The van der Waals surface area contributed by atoms with Gasteiger partial charge in [0.05, 0.1) is 11.9 Å². The highest BCUT2D eigenvalue weighted by molar-refractivity contribution is 7.85. The normalized spacial score (nSPS) is 20.7. The van der Waals surface area contributed by atoms with Crippen molar-refractivity contribution in [3.05, 3.63) is 42.0 Å². The molecule has 1 aliphatic carbocycles. The molecule has 0 heterocycles. The van der Waals surface area contributed by atoms with Crippen LogP contribution < -0.4 is 10.1 Å². The van der Waals surface area contributed by atoms with Crippen molar-refractivity contribution < 1.29 is 17.7 Å². The number of nitrogens with one attached hydrogen (secondary N) is 1. The zero-order chi connectivity index (χ0) is 21.1. The topological polar surface area (TPSA) is 75.6 Å². The summed E-state index contributed by atoms with van der Waals surface area (Å²) in [6.45, 7) is 7.78. The molecule has 0 unspecified atom stereocenters. The van der Waals surface area contributed by atoms with Crippen molar-refractivity contribution in [2.45, 2.75) is 59.1 Å². The van der Waals surface area contributed by atoms with Gasteiger partial charge in [0.15, 0.2) is 0 Å². The Kier molecular flexibility index (Phi) is 6.87. The van der Waals surface area contributed by atoms with Gasteiger partial charge in [0.25, 0.3) is 10.1 Å². The summed E-state index contributed by atoms with van der Waals surface area (Å²) in [5, 5.41) is 5.30. The van der Waals surface area contributed by atoms with Gasteiger partial charge in [-0.15, -0.1) is 0 Å². The van der Waals surface area contributed by atoms with Gasteiger partial charge in [-0.1, -0.05) is 39.0 Å². The molecule has 1 fully saturated rings. The second-order valence-electron chi connectivity index (χ2n) is 9.26. The molecule has 0 aromatic heterocycles. The molecule has 29 heavy (non-hydrogen) atoms. The molecule has 0 radical (unpaired) electrons. The van der Waals surface area contributed by atoms with Crippen molar-refractivity contribution in [3.63, 3.8) is 0 Å². The molecular weight excluding hydrogens is 386 g/mol. The quantitative estimate of drug-likeness (QED) is 0.498. The lowest BCUT2D eigenvalue weighted by molar-refractivity contribution is 0.0883. The Morgan fingerprint density at radius 2 is 1.69 bits per heavy atom. The Morgan fingerprint density at radius 1 is 1.03 bits per heavy atom. The number of ether oxygens (including phenoxy) is 1. The van der Waals surface area contributed by atoms with E-state index >= 15 is 0 Å². The van der Waals surface area contributed by atoms with E-state index in [4.69, 9.17) is 9.29 Å². The summed E-state index contributed by atoms with van der Waals surface area (Å²) >= 11 is 0. The van der Waals surface area contributed by atoms with Gasteiger partial charge in [0.2, 0.25) is 0 Å². The third kappa shape index (κ3) is 6.69. The molecule has 0 aliphatic heterocycles. The molecule has 1 aliphatic rings. The maximum Gasteiger partial charge on any atom is 0.266 e. The van der Waals surface area contributed by atoms with Crippen molar-refractivity contribution in [2.24, 2.45) is 11.3 Å². The largest absolute Gasteiger partial charge is 0.490 e. The van der Waals surface area contributed by atoms with Gasteiger partial charge < -0.3 is 10.1 Å². The lowest BCUT2D eigenvalue weighted by atomic mass is 9.72. The maximum absolute atomic E-state index is 10.8. The lowest BCUT2D eigenvalue weighted by Crippen LogP contribution is -2.30. The van der Waals surface area contributed by atoms with Crippen molar-refractivity contribution in [1.29, 1.82) is 0 Å². The lowest BCUT2D eigenvalue weighted by Gasteiger charge is -2.37. The van der Waals surface area contributed by atoms with Crippen LogP contribution >= 0.6 is 0 Å². The summed E-state index contributed by atoms with van der Waals surface area (Å²) in [5.74, 6) is 1.43. The van der Waals surface area contributed by atoms with Crippen molar-refractivity contribution in [1.82, 2.24) is 5.32 Å². The van der Waals surface area contributed by atoms with E-state index in [0.717, 1.165) is 40.8 Å². The van der Waals surface area contributed by atoms with Gasteiger partial charge in [-0.2, -0.15) is 8.42 Å². The minimum absolute atomic E-state index is 0.223. The zero-order valence-corrected chi connectivity index (χ0v) is 18.5. The fourth-order valence-corrected chi connectivity index (χ4v) is 4.53. The molecule has 0 atom stereocenters. The molecule has 6 heteroatoms. The Labute approximate surface area is 174 Å². The molecule has 2 N–H and O–H groups in total. The number of benzene rings is 2. The summed E-state index contributed by atoms with van der Waals surface area (Å²) < 4.78 is 36.6. The number of fused-ring (bicyclic) bond motifs is 1. The molecule has 3 rings (SSSR count). The van der Waals surface area contributed by atoms with Gasteiger partial charge in [-0.05, 0) is 71.6 Å². The van der Waals surface area contributed by atoms with Crippen LogP contribution in [-0.2, 0) is 16.7 Å². The Hall–Kier alpha value is -1.63. The monoisotopic (exact) mass is 419 g/mol. The van der Waals surface area contributed by atoms with Crippen molar-refractivity contribution >= 4 is 20.9 Å².